The lowest BCUT2D eigenvalue weighted by atomic mass is 10.1. The number of nitrogens with zero attached hydrogens (tertiary/aromatic N) is 2. The molecule has 0 atom stereocenters. The third-order valence-electron chi connectivity index (χ3n) is 3.03. The summed E-state index contributed by atoms with van der Waals surface area (Å²) in [6, 6.07) is 6.44. The van der Waals surface area contributed by atoms with Gasteiger partial charge >= 0.3 is 0 Å². The molecule has 1 aromatic heterocycles. The normalized spacial score (nSPS) is 11.6. The second-order valence-electron chi connectivity index (χ2n) is 5.97. The highest BCUT2D eigenvalue weighted by Crippen LogP contribution is 2.20. The Morgan fingerprint density at radius 2 is 1.95 bits per heavy atom. The number of benzene rings is 1. The van der Waals surface area contributed by atoms with E-state index >= 15 is 0 Å². The molecular weight excluding hydrogens is 268 g/mol. The molecule has 2 aromatic rings. The molecule has 0 saturated carbocycles. The highest BCUT2D eigenvalue weighted by molar-refractivity contribution is 5.60. The number of H-pyrrole nitrogens is 1. The van der Waals surface area contributed by atoms with Crippen LogP contribution in [0, 0.1) is 10.1 Å². The summed E-state index contributed by atoms with van der Waals surface area (Å²) in [7, 11) is 0. The van der Waals surface area contributed by atoms with Gasteiger partial charge in [-0.3, -0.25) is 10.1 Å². The molecule has 6 heteroatoms. The van der Waals surface area contributed by atoms with Crippen LogP contribution < -0.4 is 5.32 Å². The van der Waals surface area contributed by atoms with Crippen LogP contribution in [0.15, 0.2) is 30.5 Å². The Balaban J connectivity index is 2.00. The fraction of sp³-hybridized carbons (Fsp3) is 0.400. The molecule has 0 aliphatic rings. The van der Waals surface area contributed by atoms with Gasteiger partial charge in [0.2, 0.25) is 0 Å². The number of aromatic amines is 1. The first-order valence-corrected chi connectivity index (χ1v) is 6.89. The van der Waals surface area contributed by atoms with E-state index in [2.05, 4.69) is 36.1 Å². The number of nitro benzene ring substituents is 1. The number of imidazole rings is 1. The van der Waals surface area contributed by atoms with Gasteiger partial charge in [-0.1, -0.05) is 0 Å². The van der Waals surface area contributed by atoms with Crippen LogP contribution in [0.1, 0.15) is 26.6 Å². The predicted molar refractivity (Wildman–Crippen MR) is 82.1 cm³/mol. The third-order valence-corrected chi connectivity index (χ3v) is 3.03. The molecule has 0 aliphatic carbocycles. The van der Waals surface area contributed by atoms with Crippen LogP contribution >= 0.6 is 0 Å². The lowest BCUT2D eigenvalue weighted by Crippen LogP contribution is -2.37. The van der Waals surface area contributed by atoms with Gasteiger partial charge in [-0.2, -0.15) is 0 Å². The predicted octanol–water partition coefficient (Wildman–Crippen LogP) is 2.92. The maximum absolute atomic E-state index is 10.6. The van der Waals surface area contributed by atoms with Crippen molar-refractivity contribution in [2.45, 2.75) is 32.7 Å². The molecule has 1 heterocycles. The Kier molecular flexibility index (Phi) is 4.37. The van der Waals surface area contributed by atoms with Crippen LogP contribution in [0.25, 0.3) is 11.3 Å². The van der Waals surface area contributed by atoms with E-state index in [9.17, 15) is 10.1 Å². The van der Waals surface area contributed by atoms with Crippen molar-refractivity contribution >= 4 is 5.69 Å². The molecule has 2 rings (SSSR count). The minimum atomic E-state index is -0.402. The first kappa shape index (κ1) is 15.2. The second kappa shape index (κ2) is 6.05. The van der Waals surface area contributed by atoms with Gasteiger partial charge in [-0.15, -0.1) is 0 Å². The molecule has 0 saturated heterocycles. The average Bonchev–Trinajstić information content (AvgIpc) is 2.86. The van der Waals surface area contributed by atoms with Gasteiger partial charge < -0.3 is 10.3 Å². The molecule has 0 spiro atoms. The van der Waals surface area contributed by atoms with Crippen LogP contribution in [-0.2, 0) is 6.42 Å². The molecule has 0 fully saturated rings. The molecule has 112 valence electrons. The number of nitro groups is 1. The quantitative estimate of drug-likeness (QED) is 0.654. The zero-order chi connectivity index (χ0) is 15.5. The van der Waals surface area contributed by atoms with E-state index in [1.165, 1.54) is 12.1 Å². The van der Waals surface area contributed by atoms with Gasteiger partial charge in [0.1, 0.15) is 5.82 Å². The smallest absolute Gasteiger partial charge is 0.269 e. The van der Waals surface area contributed by atoms with Crippen molar-refractivity contribution in [3.05, 3.63) is 46.4 Å². The summed E-state index contributed by atoms with van der Waals surface area (Å²) in [4.78, 5) is 17.8. The molecule has 21 heavy (non-hydrogen) atoms. The Morgan fingerprint density at radius 1 is 1.29 bits per heavy atom. The SMILES string of the molecule is CC(C)(C)NCCc1ncc(-c2ccc([N+](=O)[O-])cc2)[nH]1. The summed E-state index contributed by atoms with van der Waals surface area (Å²) in [6.45, 7) is 7.21. The summed E-state index contributed by atoms with van der Waals surface area (Å²) < 4.78 is 0. The highest BCUT2D eigenvalue weighted by Gasteiger charge is 2.10. The number of rotatable bonds is 5. The highest BCUT2D eigenvalue weighted by atomic mass is 16.6. The minimum Gasteiger partial charge on any atom is -0.342 e. The Labute approximate surface area is 123 Å². The summed E-state index contributed by atoms with van der Waals surface area (Å²) in [5.41, 5.74) is 1.94. The van der Waals surface area contributed by atoms with Crippen molar-refractivity contribution in [3.8, 4) is 11.3 Å². The van der Waals surface area contributed by atoms with E-state index in [1.54, 1.807) is 18.3 Å². The molecule has 6 nitrogen and oxygen atoms in total. The fourth-order valence-corrected chi connectivity index (χ4v) is 1.95. The summed E-state index contributed by atoms with van der Waals surface area (Å²) in [5, 5.41) is 14.0. The molecule has 0 amide bonds. The van der Waals surface area contributed by atoms with Crippen LogP contribution in [0.2, 0.25) is 0 Å². The Morgan fingerprint density at radius 3 is 2.52 bits per heavy atom. The molecule has 0 radical (unpaired) electrons. The summed E-state index contributed by atoms with van der Waals surface area (Å²) >= 11 is 0. The van der Waals surface area contributed by atoms with E-state index < -0.39 is 4.92 Å². The maximum Gasteiger partial charge on any atom is 0.269 e. The lowest BCUT2D eigenvalue weighted by molar-refractivity contribution is -0.384. The molecular formula is C15H20N4O2. The van der Waals surface area contributed by atoms with Gasteiger partial charge in [0.15, 0.2) is 0 Å². The number of hydrogen-bond donors (Lipinski definition) is 2. The van der Waals surface area contributed by atoms with Gasteiger partial charge in [0, 0.05) is 36.2 Å². The number of hydrogen-bond acceptors (Lipinski definition) is 4. The number of aromatic nitrogens is 2. The van der Waals surface area contributed by atoms with Crippen molar-refractivity contribution in [2.24, 2.45) is 0 Å². The average molecular weight is 288 g/mol. The maximum atomic E-state index is 10.6. The van der Waals surface area contributed by atoms with Crippen LogP contribution in [0.3, 0.4) is 0 Å². The standard InChI is InChI=1S/C15H20N4O2/c1-15(2,3)17-9-8-14-16-10-13(18-14)11-4-6-12(7-5-11)19(20)21/h4-7,10,17H,8-9H2,1-3H3,(H,16,18). The minimum absolute atomic E-state index is 0.0906. The Hall–Kier alpha value is -2.21. The second-order valence-corrected chi connectivity index (χ2v) is 5.97. The van der Waals surface area contributed by atoms with Gasteiger partial charge in [0.05, 0.1) is 16.8 Å². The molecule has 0 bridgehead atoms. The van der Waals surface area contributed by atoms with E-state index in [0.717, 1.165) is 30.0 Å². The summed E-state index contributed by atoms with van der Waals surface area (Å²) in [6.07, 6.45) is 2.57. The van der Waals surface area contributed by atoms with Crippen LogP contribution in [-0.4, -0.2) is 27.0 Å². The van der Waals surface area contributed by atoms with Crippen molar-refractivity contribution in [3.63, 3.8) is 0 Å². The van der Waals surface area contributed by atoms with E-state index in [1.807, 2.05) is 0 Å². The number of nitrogens with one attached hydrogen (secondary N) is 2. The monoisotopic (exact) mass is 288 g/mol. The largest absolute Gasteiger partial charge is 0.342 e. The molecule has 1 aromatic carbocycles. The van der Waals surface area contributed by atoms with Gasteiger partial charge in [0.25, 0.3) is 5.69 Å². The van der Waals surface area contributed by atoms with E-state index in [-0.39, 0.29) is 11.2 Å². The van der Waals surface area contributed by atoms with Gasteiger partial charge in [-0.25, -0.2) is 4.98 Å². The molecule has 0 aliphatic heterocycles. The van der Waals surface area contributed by atoms with Crippen LogP contribution in [0.5, 0.6) is 0 Å². The van der Waals surface area contributed by atoms with Crippen molar-refractivity contribution in [2.75, 3.05) is 6.54 Å². The fourth-order valence-electron chi connectivity index (χ4n) is 1.95. The zero-order valence-electron chi connectivity index (χ0n) is 12.5. The zero-order valence-corrected chi connectivity index (χ0v) is 12.5. The van der Waals surface area contributed by atoms with Crippen molar-refractivity contribution in [1.29, 1.82) is 0 Å². The van der Waals surface area contributed by atoms with Crippen LogP contribution in [0.4, 0.5) is 5.69 Å². The van der Waals surface area contributed by atoms with E-state index in [0.29, 0.717) is 0 Å². The topological polar surface area (TPSA) is 83.8 Å². The molecule has 2 N–H and O–H groups in total. The summed E-state index contributed by atoms with van der Waals surface area (Å²) in [5.74, 6) is 0.903. The first-order valence-electron chi connectivity index (χ1n) is 6.89. The molecule has 0 unspecified atom stereocenters. The van der Waals surface area contributed by atoms with Gasteiger partial charge in [-0.05, 0) is 32.9 Å². The van der Waals surface area contributed by atoms with E-state index in [4.69, 9.17) is 0 Å². The number of non-ortho nitro benzene ring substituents is 1. The third kappa shape index (κ3) is 4.39. The lowest BCUT2D eigenvalue weighted by Gasteiger charge is -2.19. The Bertz CT molecular complexity index is 611. The first-order chi connectivity index (χ1) is 9.85. The van der Waals surface area contributed by atoms with Crippen molar-refractivity contribution < 1.29 is 4.92 Å². The van der Waals surface area contributed by atoms with Crippen molar-refractivity contribution in [1.82, 2.24) is 15.3 Å².